The lowest BCUT2D eigenvalue weighted by atomic mass is 10.0. The van der Waals surface area contributed by atoms with E-state index in [9.17, 15) is 0 Å². The molecule has 4 rings (SSSR count). The van der Waals surface area contributed by atoms with Crippen molar-refractivity contribution in [1.29, 1.82) is 0 Å². The van der Waals surface area contributed by atoms with Gasteiger partial charge in [0.2, 0.25) is 0 Å². The van der Waals surface area contributed by atoms with Gasteiger partial charge in [-0.15, -0.1) is 0 Å². The third kappa shape index (κ3) is 2.21. The quantitative estimate of drug-likeness (QED) is 0.798. The van der Waals surface area contributed by atoms with E-state index in [0.29, 0.717) is 0 Å². The first kappa shape index (κ1) is 13.2. The average Bonchev–Trinajstić information content (AvgIpc) is 3.17. The molecular formula is C16H18N6. The van der Waals surface area contributed by atoms with Crippen LogP contribution in [0.2, 0.25) is 0 Å². The zero-order valence-corrected chi connectivity index (χ0v) is 12.5. The number of hydrogen-bond donors (Lipinski definition) is 1. The van der Waals surface area contributed by atoms with E-state index in [2.05, 4.69) is 35.5 Å². The third-order valence-corrected chi connectivity index (χ3v) is 4.24. The number of aromatic nitrogens is 5. The van der Waals surface area contributed by atoms with Crippen molar-refractivity contribution in [3.05, 3.63) is 66.0 Å². The number of H-pyrrole nitrogens is 1. The van der Waals surface area contributed by atoms with E-state index in [0.717, 1.165) is 31.0 Å². The minimum absolute atomic E-state index is 0.0789. The largest absolute Gasteiger partial charge is 0.348 e. The molecule has 1 aliphatic rings. The van der Waals surface area contributed by atoms with E-state index in [4.69, 9.17) is 0 Å². The molecule has 1 N–H and O–H groups in total. The van der Waals surface area contributed by atoms with Gasteiger partial charge in [0.1, 0.15) is 11.9 Å². The first-order chi connectivity index (χ1) is 10.8. The van der Waals surface area contributed by atoms with Crippen LogP contribution in [0, 0.1) is 0 Å². The van der Waals surface area contributed by atoms with Crippen molar-refractivity contribution in [2.45, 2.75) is 19.0 Å². The number of imidazole rings is 2. The molecule has 4 heterocycles. The minimum Gasteiger partial charge on any atom is -0.348 e. The third-order valence-electron chi connectivity index (χ3n) is 4.24. The Labute approximate surface area is 128 Å². The van der Waals surface area contributed by atoms with Gasteiger partial charge >= 0.3 is 0 Å². The smallest absolute Gasteiger partial charge is 0.132 e. The van der Waals surface area contributed by atoms with Gasteiger partial charge in [0.05, 0.1) is 12.0 Å². The first-order valence-electron chi connectivity index (χ1n) is 7.45. The predicted octanol–water partition coefficient (Wildman–Crippen LogP) is 1.69. The lowest BCUT2D eigenvalue weighted by molar-refractivity contribution is 0.190. The molecule has 0 bridgehead atoms. The minimum atomic E-state index is 0.0789. The molecule has 0 fully saturated rings. The number of pyridine rings is 1. The van der Waals surface area contributed by atoms with Crippen molar-refractivity contribution in [2.75, 3.05) is 6.54 Å². The van der Waals surface area contributed by atoms with Crippen molar-refractivity contribution in [2.24, 2.45) is 7.05 Å². The Kier molecular flexibility index (Phi) is 3.23. The van der Waals surface area contributed by atoms with Crippen molar-refractivity contribution in [3.8, 4) is 0 Å². The maximum atomic E-state index is 4.56. The Morgan fingerprint density at radius 3 is 3.05 bits per heavy atom. The van der Waals surface area contributed by atoms with Gasteiger partial charge in [0.15, 0.2) is 0 Å². The van der Waals surface area contributed by atoms with E-state index in [1.165, 1.54) is 11.3 Å². The van der Waals surface area contributed by atoms with E-state index < -0.39 is 0 Å². The summed E-state index contributed by atoms with van der Waals surface area (Å²) in [5.41, 5.74) is 3.51. The summed E-state index contributed by atoms with van der Waals surface area (Å²) in [6.07, 6.45) is 10.3. The Morgan fingerprint density at radius 2 is 2.27 bits per heavy atom. The molecule has 6 heteroatoms. The molecule has 112 valence electrons. The van der Waals surface area contributed by atoms with E-state index in [1.54, 1.807) is 6.33 Å². The highest BCUT2D eigenvalue weighted by Gasteiger charge is 2.33. The first-order valence-corrected chi connectivity index (χ1v) is 7.45. The van der Waals surface area contributed by atoms with Crippen LogP contribution in [0.5, 0.6) is 0 Å². The maximum Gasteiger partial charge on any atom is 0.132 e. The number of hydrogen-bond acceptors (Lipinski definition) is 4. The molecule has 0 radical (unpaired) electrons. The Bertz CT molecular complexity index is 760. The number of rotatable bonds is 3. The topological polar surface area (TPSA) is 62.6 Å². The lowest BCUT2D eigenvalue weighted by Crippen LogP contribution is -2.37. The van der Waals surface area contributed by atoms with Crippen LogP contribution >= 0.6 is 0 Å². The second-order valence-corrected chi connectivity index (χ2v) is 5.65. The van der Waals surface area contributed by atoms with E-state index >= 15 is 0 Å². The number of fused-ring (bicyclic) bond motifs is 1. The molecule has 0 amide bonds. The van der Waals surface area contributed by atoms with Crippen LogP contribution in [0.3, 0.4) is 0 Å². The number of aromatic amines is 1. The Hall–Kier alpha value is -2.47. The lowest BCUT2D eigenvalue weighted by Gasteiger charge is -2.34. The molecule has 0 saturated carbocycles. The molecule has 0 aliphatic carbocycles. The number of aryl methyl sites for hydroxylation is 1. The van der Waals surface area contributed by atoms with E-state index in [-0.39, 0.29) is 6.04 Å². The molecule has 3 aromatic rings. The molecule has 0 aromatic carbocycles. The summed E-state index contributed by atoms with van der Waals surface area (Å²) in [6, 6.07) is 4.17. The van der Waals surface area contributed by atoms with Gasteiger partial charge in [0.25, 0.3) is 0 Å². The van der Waals surface area contributed by atoms with Crippen molar-refractivity contribution >= 4 is 0 Å². The Morgan fingerprint density at radius 1 is 1.32 bits per heavy atom. The summed E-state index contributed by atoms with van der Waals surface area (Å²) in [7, 11) is 2.03. The maximum absolute atomic E-state index is 4.56. The highest BCUT2D eigenvalue weighted by atomic mass is 15.2. The fourth-order valence-electron chi connectivity index (χ4n) is 3.15. The summed E-state index contributed by atoms with van der Waals surface area (Å²) >= 11 is 0. The summed E-state index contributed by atoms with van der Waals surface area (Å²) < 4.78 is 2.07. The van der Waals surface area contributed by atoms with Crippen LogP contribution in [-0.2, 0) is 20.0 Å². The van der Waals surface area contributed by atoms with Gasteiger partial charge < -0.3 is 9.55 Å². The zero-order valence-electron chi connectivity index (χ0n) is 12.5. The second kappa shape index (κ2) is 5.38. The van der Waals surface area contributed by atoms with Gasteiger partial charge in [-0.3, -0.25) is 9.88 Å². The molecular weight excluding hydrogens is 276 g/mol. The van der Waals surface area contributed by atoms with Gasteiger partial charge in [-0.2, -0.15) is 0 Å². The summed E-state index contributed by atoms with van der Waals surface area (Å²) in [5, 5.41) is 0. The van der Waals surface area contributed by atoms with E-state index in [1.807, 2.05) is 37.9 Å². The van der Waals surface area contributed by atoms with Gasteiger partial charge in [-0.1, -0.05) is 6.07 Å². The average molecular weight is 294 g/mol. The van der Waals surface area contributed by atoms with Gasteiger partial charge in [0, 0.05) is 57.0 Å². The van der Waals surface area contributed by atoms with Crippen molar-refractivity contribution < 1.29 is 0 Å². The highest BCUT2D eigenvalue weighted by Crippen LogP contribution is 2.33. The fraction of sp³-hybridized carbons (Fsp3) is 0.312. The van der Waals surface area contributed by atoms with Crippen molar-refractivity contribution in [3.63, 3.8) is 0 Å². The van der Waals surface area contributed by atoms with Crippen molar-refractivity contribution in [1.82, 2.24) is 29.4 Å². The SMILES string of the molecule is Cn1ccnc1[C@H]1c2nc[nH]c2CCN1Cc1cccnc1. The fourth-order valence-corrected chi connectivity index (χ4v) is 3.15. The summed E-state index contributed by atoms with van der Waals surface area (Å²) in [4.78, 5) is 19.0. The van der Waals surface area contributed by atoms with Gasteiger partial charge in [-0.05, 0) is 11.6 Å². The molecule has 22 heavy (non-hydrogen) atoms. The molecule has 6 nitrogen and oxygen atoms in total. The molecule has 0 spiro atoms. The number of nitrogens with zero attached hydrogens (tertiary/aromatic N) is 5. The molecule has 3 aromatic heterocycles. The van der Waals surface area contributed by atoms with Crippen LogP contribution < -0.4 is 0 Å². The summed E-state index contributed by atoms with van der Waals surface area (Å²) in [5.74, 6) is 1.02. The molecule has 0 unspecified atom stereocenters. The number of nitrogens with one attached hydrogen (secondary N) is 1. The molecule has 1 atom stereocenters. The van der Waals surface area contributed by atoms with Crippen LogP contribution in [0.4, 0.5) is 0 Å². The van der Waals surface area contributed by atoms with Crippen LogP contribution in [0.25, 0.3) is 0 Å². The predicted molar refractivity (Wildman–Crippen MR) is 82.0 cm³/mol. The van der Waals surface area contributed by atoms with Crippen LogP contribution in [0.1, 0.15) is 28.8 Å². The normalized spacial score (nSPS) is 18.3. The standard InChI is InChI=1S/C16H18N6/c1-21-8-6-18-16(21)15-14-13(19-11-20-14)4-7-22(15)10-12-3-2-5-17-9-12/h2-3,5-6,8-9,11,15H,4,7,10H2,1H3,(H,19,20)/t15-/m1/s1. The van der Waals surface area contributed by atoms with Crippen LogP contribution in [-0.4, -0.2) is 35.9 Å². The molecule has 1 aliphatic heterocycles. The Balaban J connectivity index is 1.73. The highest BCUT2D eigenvalue weighted by molar-refractivity contribution is 5.27. The van der Waals surface area contributed by atoms with Crippen LogP contribution in [0.15, 0.2) is 43.2 Å². The summed E-state index contributed by atoms with van der Waals surface area (Å²) in [6.45, 7) is 1.82. The van der Waals surface area contributed by atoms with Gasteiger partial charge in [-0.25, -0.2) is 9.97 Å². The zero-order chi connectivity index (χ0) is 14.9. The molecule has 0 saturated heterocycles. The second-order valence-electron chi connectivity index (χ2n) is 5.65. The monoisotopic (exact) mass is 294 g/mol.